The van der Waals surface area contributed by atoms with Crippen molar-refractivity contribution in [3.8, 4) is 0 Å². The van der Waals surface area contributed by atoms with Gasteiger partial charge in [-0.25, -0.2) is 4.57 Å². The summed E-state index contributed by atoms with van der Waals surface area (Å²) in [6, 6.07) is 0. The van der Waals surface area contributed by atoms with E-state index in [1.54, 1.807) is 6.26 Å². The number of phosphoric acid groups is 1. The summed E-state index contributed by atoms with van der Waals surface area (Å²) < 4.78 is 33.2. The van der Waals surface area contributed by atoms with Crippen molar-refractivity contribution in [2.75, 3.05) is 26.4 Å². The number of hydrogen-bond acceptors (Lipinski definition) is 7. The lowest BCUT2D eigenvalue weighted by molar-refractivity contribution is -0.153. The maximum atomic E-state index is 12.6. The number of carbonyl (C=O) groups excluding carboxylic acids is 1. The van der Waals surface area contributed by atoms with Gasteiger partial charge < -0.3 is 20.1 Å². The lowest BCUT2D eigenvalue weighted by Gasteiger charge is -2.19. The number of carbonyl (C=O) groups is 1. The molecule has 0 aromatic rings. The third-order valence-corrected chi connectivity index (χ3v) is 10.6. The van der Waals surface area contributed by atoms with E-state index in [1.807, 2.05) is 6.08 Å². The molecule has 0 amide bonds. The Kier molecular flexibility index (Phi) is 41.6. The third-order valence-electron chi connectivity index (χ3n) is 9.59. The van der Waals surface area contributed by atoms with Crippen LogP contribution in [-0.2, 0) is 27.9 Å². The fourth-order valence-electron chi connectivity index (χ4n) is 6.25. The van der Waals surface area contributed by atoms with E-state index in [9.17, 15) is 14.3 Å². The van der Waals surface area contributed by atoms with E-state index in [-0.39, 0.29) is 32.3 Å². The predicted molar refractivity (Wildman–Crippen MR) is 229 cm³/mol. The molecule has 2 unspecified atom stereocenters. The molecule has 318 valence electrons. The predicted octanol–water partition coefficient (Wildman–Crippen LogP) is 13.8. The minimum atomic E-state index is -4.29. The van der Waals surface area contributed by atoms with Gasteiger partial charge in [-0.05, 0) is 76.7 Å². The van der Waals surface area contributed by atoms with Crippen molar-refractivity contribution in [3.05, 3.63) is 36.6 Å². The first-order valence-electron chi connectivity index (χ1n) is 22.5. The standard InChI is InChI=1S/C45H86NO7P/c1-3-5-7-9-11-13-15-17-19-21-22-23-24-26-28-30-32-34-36-38-45(47)53-44(43-52-54(48,49)51-41-39-46)42-50-40-37-35-33-31-29-27-25-20-18-16-14-12-10-8-6-4-2/h17-20,37,40,44H,3-16,21-36,38-39,41-43,46H2,1-2H3,(H,48,49). The summed E-state index contributed by atoms with van der Waals surface area (Å²) in [7, 11) is -4.29. The van der Waals surface area contributed by atoms with Crippen LogP contribution in [0, 0.1) is 0 Å². The Morgan fingerprint density at radius 1 is 0.556 bits per heavy atom. The number of rotatable bonds is 43. The Morgan fingerprint density at radius 2 is 0.944 bits per heavy atom. The molecule has 0 saturated heterocycles. The lowest BCUT2D eigenvalue weighted by atomic mass is 10.1. The second-order valence-corrected chi connectivity index (χ2v) is 16.4. The van der Waals surface area contributed by atoms with Crippen LogP contribution < -0.4 is 5.73 Å². The first-order valence-corrected chi connectivity index (χ1v) is 24.0. The fourth-order valence-corrected chi connectivity index (χ4v) is 7.01. The fraction of sp³-hybridized carbons (Fsp3) is 0.844. The summed E-state index contributed by atoms with van der Waals surface area (Å²) in [6.45, 7) is 4.23. The molecule has 8 nitrogen and oxygen atoms in total. The first kappa shape index (κ1) is 52.6. The van der Waals surface area contributed by atoms with Crippen LogP contribution in [0.1, 0.15) is 213 Å². The van der Waals surface area contributed by atoms with Crippen molar-refractivity contribution in [2.24, 2.45) is 5.73 Å². The number of esters is 1. The lowest BCUT2D eigenvalue weighted by Crippen LogP contribution is -2.27. The quantitative estimate of drug-likeness (QED) is 0.0206. The molecular weight excluding hydrogens is 697 g/mol. The zero-order valence-electron chi connectivity index (χ0n) is 35.2. The Bertz CT molecular complexity index is 926. The molecule has 0 radical (unpaired) electrons. The minimum absolute atomic E-state index is 0.0275. The molecule has 0 spiro atoms. The molecule has 3 N–H and O–H groups in total. The largest absolute Gasteiger partial charge is 0.498 e. The van der Waals surface area contributed by atoms with Gasteiger partial charge in [-0.3, -0.25) is 13.8 Å². The molecule has 0 heterocycles. The summed E-state index contributed by atoms with van der Waals surface area (Å²) in [6.07, 6.45) is 49.7. The van der Waals surface area contributed by atoms with E-state index in [4.69, 9.17) is 24.3 Å². The second kappa shape index (κ2) is 42.7. The van der Waals surface area contributed by atoms with E-state index in [0.717, 1.165) is 38.5 Å². The number of hydrogen-bond donors (Lipinski definition) is 2. The zero-order valence-corrected chi connectivity index (χ0v) is 36.1. The summed E-state index contributed by atoms with van der Waals surface area (Å²) in [5.74, 6) is -0.356. The van der Waals surface area contributed by atoms with Gasteiger partial charge >= 0.3 is 13.8 Å². The van der Waals surface area contributed by atoms with Crippen molar-refractivity contribution < 1.29 is 32.8 Å². The van der Waals surface area contributed by atoms with E-state index in [2.05, 4.69) is 38.2 Å². The Morgan fingerprint density at radius 3 is 1.37 bits per heavy atom. The van der Waals surface area contributed by atoms with Gasteiger partial charge in [0, 0.05) is 13.0 Å². The van der Waals surface area contributed by atoms with Crippen LogP contribution in [0.4, 0.5) is 0 Å². The first-order chi connectivity index (χ1) is 26.4. The molecule has 0 aliphatic rings. The van der Waals surface area contributed by atoms with E-state index in [0.29, 0.717) is 6.42 Å². The molecule has 0 aliphatic heterocycles. The van der Waals surface area contributed by atoms with Crippen molar-refractivity contribution in [2.45, 2.75) is 219 Å². The van der Waals surface area contributed by atoms with Crippen molar-refractivity contribution in [1.29, 1.82) is 0 Å². The summed E-state index contributed by atoms with van der Waals surface area (Å²) in [5.41, 5.74) is 5.37. The van der Waals surface area contributed by atoms with Crippen molar-refractivity contribution in [3.63, 3.8) is 0 Å². The minimum Gasteiger partial charge on any atom is -0.498 e. The molecule has 9 heteroatoms. The number of unbranched alkanes of at least 4 members (excludes halogenated alkanes) is 26. The SMILES string of the molecule is CCCCCCCCC=CCCCCCCC=COCC(COP(=O)(O)OCCN)OC(=O)CCCCCCCCCCCC=CCCCCCCCC. The van der Waals surface area contributed by atoms with Crippen molar-refractivity contribution in [1.82, 2.24) is 0 Å². The van der Waals surface area contributed by atoms with Gasteiger partial charge in [-0.1, -0.05) is 160 Å². The highest BCUT2D eigenvalue weighted by molar-refractivity contribution is 7.47. The maximum Gasteiger partial charge on any atom is 0.472 e. The average molecular weight is 784 g/mol. The van der Waals surface area contributed by atoms with Crippen LogP contribution in [-0.4, -0.2) is 43.3 Å². The number of allylic oxidation sites excluding steroid dienone is 5. The maximum absolute atomic E-state index is 12.6. The number of ether oxygens (including phenoxy) is 2. The van der Waals surface area contributed by atoms with E-state index >= 15 is 0 Å². The molecule has 0 rings (SSSR count). The highest BCUT2D eigenvalue weighted by atomic mass is 31.2. The van der Waals surface area contributed by atoms with Gasteiger partial charge in [-0.15, -0.1) is 0 Å². The highest BCUT2D eigenvalue weighted by Crippen LogP contribution is 2.43. The molecule has 2 atom stereocenters. The summed E-state index contributed by atoms with van der Waals surface area (Å²) >= 11 is 0. The molecule has 0 aromatic heterocycles. The molecule has 0 saturated carbocycles. The summed E-state index contributed by atoms with van der Waals surface area (Å²) in [5, 5.41) is 0. The van der Waals surface area contributed by atoms with E-state index in [1.165, 1.54) is 154 Å². The second-order valence-electron chi connectivity index (χ2n) is 15.0. The van der Waals surface area contributed by atoms with E-state index < -0.39 is 13.9 Å². The van der Waals surface area contributed by atoms with Gasteiger partial charge in [0.15, 0.2) is 6.10 Å². The van der Waals surface area contributed by atoms with Crippen LogP contribution in [0.25, 0.3) is 0 Å². The number of nitrogens with two attached hydrogens (primary N) is 1. The normalized spacial score (nSPS) is 13.7. The molecule has 0 aliphatic carbocycles. The number of phosphoric ester groups is 1. The molecule has 0 bridgehead atoms. The zero-order chi connectivity index (χ0) is 39.5. The van der Waals surface area contributed by atoms with Crippen LogP contribution >= 0.6 is 7.82 Å². The van der Waals surface area contributed by atoms with Gasteiger partial charge in [0.1, 0.15) is 6.61 Å². The Balaban J connectivity index is 4.06. The van der Waals surface area contributed by atoms with Crippen LogP contribution in [0.15, 0.2) is 36.6 Å². The Labute approximate surface area is 333 Å². The molecule has 0 fully saturated rings. The van der Waals surface area contributed by atoms with Gasteiger partial charge in [0.05, 0.1) is 19.5 Å². The van der Waals surface area contributed by atoms with Crippen LogP contribution in [0.5, 0.6) is 0 Å². The monoisotopic (exact) mass is 784 g/mol. The van der Waals surface area contributed by atoms with Gasteiger partial charge in [-0.2, -0.15) is 0 Å². The summed E-state index contributed by atoms with van der Waals surface area (Å²) in [4.78, 5) is 22.5. The van der Waals surface area contributed by atoms with Gasteiger partial charge in [0.2, 0.25) is 0 Å². The smallest absolute Gasteiger partial charge is 0.472 e. The third kappa shape index (κ3) is 41.7. The highest BCUT2D eigenvalue weighted by Gasteiger charge is 2.25. The van der Waals surface area contributed by atoms with Gasteiger partial charge in [0.25, 0.3) is 0 Å². The Hall–Kier alpha value is -1.44. The van der Waals surface area contributed by atoms with Crippen molar-refractivity contribution >= 4 is 13.8 Å². The average Bonchev–Trinajstić information content (AvgIpc) is 3.16. The molecule has 0 aromatic carbocycles. The van der Waals surface area contributed by atoms with Crippen LogP contribution in [0.3, 0.4) is 0 Å². The topological polar surface area (TPSA) is 117 Å². The molecular formula is C45H86NO7P. The molecule has 54 heavy (non-hydrogen) atoms. The van der Waals surface area contributed by atoms with Crippen LogP contribution in [0.2, 0.25) is 0 Å².